The Balaban J connectivity index is 1.70. The summed E-state index contributed by atoms with van der Waals surface area (Å²) in [6.07, 6.45) is 4.32. The summed E-state index contributed by atoms with van der Waals surface area (Å²) in [5.41, 5.74) is 0. The highest BCUT2D eigenvalue weighted by Gasteiger charge is 2.25. The summed E-state index contributed by atoms with van der Waals surface area (Å²) < 4.78 is 11.0. The Kier molecular flexibility index (Phi) is 5.89. The van der Waals surface area contributed by atoms with Crippen molar-refractivity contribution in [2.24, 2.45) is 0 Å². The van der Waals surface area contributed by atoms with Gasteiger partial charge in [0.2, 0.25) is 0 Å². The highest BCUT2D eigenvalue weighted by Crippen LogP contribution is 2.16. The van der Waals surface area contributed by atoms with Crippen LogP contribution in [0.15, 0.2) is 0 Å². The van der Waals surface area contributed by atoms with Crippen molar-refractivity contribution in [1.29, 1.82) is 0 Å². The van der Waals surface area contributed by atoms with Gasteiger partial charge in [-0.25, -0.2) is 0 Å². The maximum atomic E-state index is 5.83. The maximum absolute atomic E-state index is 5.83. The van der Waals surface area contributed by atoms with Crippen LogP contribution in [0.2, 0.25) is 0 Å². The van der Waals surface area contributed by atoms with E-state index in [-0.39, 0.29) is 0 Å². The van der Waals surface area contributed by atoms with Gasteiger partial charge in [-0.3, -0.25) is 9.80 Å². The summed E-state index contributed by atoms with van der Waals surface area (Å²) in [4.78, 5) is 5.10. The van der Waals surface area contributed by atoms with Crippen molar-refractivity contribution in [3.05, 3.63) is 0 Å². The summed E-state index contributed by atoms with van der Waals surface area (Å²) in [6, 6.07) is 0.637. The Morgan fingerprint density at radius 3 is 2.83 bits per heavy atom. The van der Waals surface area contributed by atoms with Gasteiger partial charge in [0.05, 0.1) is 12.7 Å². The van der Waals surface area contributed by atoms with E-state index in [4.69, 9.17) is 9.47 Å². The molecule has 0 aromatic carbocycles. The highest BCUT2D eigenvalue weighted by atomic mass is 16.5. The molecule has 0 bridgehead atoms. The molecule has 0 amide bonds. The van der Waals surface area contributed by atoms with Crippen molar-refractivity contribution in [2.45, 2.75) is 38.3 Å². The fraction of sp³-hybridized carbons (Fsp3) is 1.00. The van der Waals surface area contributed by atoms with Crippen LogP contribution in [0.4, 0.5) is 0 Å². The van der Waals surface area contributed by atoms with Crippen molar-refractivity contribution in [3.63, 3.8) is 0 Å². The van der Waals surface area contributed by atoms with Crippen LogP contribution in [0.1, 0.15) is 26.2 Å². The number of hydrogen-bond donors (Lipinski definition) is 0. The molecule has 2 atom stereocenters. The minimum absolute atomic E-state index is 0.483. The van der Waals surface area contributed by atoms with E-state index in [0.717, 1.165) is 32.8 Å². The standard InChI is InChI=1S/C14H28N2O2/c1-13-11-15(6-7-16(13)8-10-17-2)12-14-5-3-4-9-18-14/h13-14H,3-12H2,1-2H3/t13-,14+/m0/s1. The number of rotatable bonds is 5. The van der Waals surface area contributed by atoms with E-state index in [1.54, 1.807) is 7.11 Å². The second-order valence-corrected chi connectivity index (χ2v) is 5.63. The Morgan fingerprint density at radius 1 is 1.28 bits per heavy atom. The van der Waals surface area contributed by atoms with E-state index >= 15 is 0 Å². The van der Waals surface area contributed by atoms with Crippen molar-refractivity contribution in [1.82, 2.24) is 9.80 Å². The normalized spacial score (nSPS) is 31.7. The van der Waals surface area contributed by atoms with Crippen molar-refractivity contribution in [3.8, 4) is 0 Å². The number of nitrogens with zero attached hydrogens (tertiary/aromatic N) is 2. The zero-order valence-corrected chi connectivity index (χ0v) is 11.9. The van der Waals surface area contributed by atoms with Crippen LogP contribution in [0, 0.1) is 0 Å². The molecule has 18 heavy (non-hydrogen) atoms. The first-order chi connectivity index (χ1) is 8.79. The first kappa shape index (κ1) is 14.3. The summed E-state index contributed by atoms with van der Waals surface area (Å²) in [6.45, 7) is 9.83. The van der Waals surface area contributed by atoms with Crippen molar-refractivity contribution >= 4 is 0 Å². The van der Waals surface area contributed by atoms with Crippen LogP contribution in [-0.2, 0) is 9.47 Å². The van der Waals surface area contributed by atoms with Gasteiger partial charge in [-0.1, -0.05) is 0 Å². The molecule has 0 unspecified atom stereocenters. The second-order valence-electron chi connectivity index (χ2n) is 5.63. The molecule has 0 radical (unpaired) electrons. The minimum atomic E-state index is 0.483. The van der Waals surface area contributed by atoms with Gasteiger partial charge in [-0.15, -0.1) is 0 Å². The van der Waals surface area contributed by atoms with Crippen LogP contribution in [0.25, 0.3) is 0 Å². The molecule has 2 heterocycles. The quantitative estimate of drug-likeness (QED) is 0.738. The molecule has 0 N–H and O–H groups in total. The van der Waals surface area contributed by atoms with Crippen LogP contribution in [-0.4, -0.2) is 75.0 Å². The molecule has 4 heteroatoms. The lowest BCUT2D eigenvalue weighted by atomic mass is 10.1. The van der Waals surface area contributed by atoms with E-state index in [1.165, 1.54) is 32.4 Å². The third-order valence-corrected chi connectivity index (χ3v) is 4.17. The van der Waals surface area contributed by atoms with Gasteiger partial charge in [0.1, 0.15) is 0 Å². The molecule has 106 valence electrons. The number of methoxy groups -OCH3 is 1. The minimum Gasteiger partial charge on any atom is -0.383 e. The molecular formula is C14H28N2O2. The molecule has 2 rings (SSSR count). The lowest BCUT2D eigenvalue weighted by Gasteiger charge is -2.41. The Morgan fingerprint density at radius 2 is 2.17 bits per heavy atom. The van der Waals surface area contributed by atoms with E-state index in [1.807, 2.05) is 0 Å². The van der Waals surface area contributed by atoms with Crippen LogP contribution < -0.4 is 0 Å². The fourth-order valence-electron chi connectivity index (χ4n) is 3.02. The molecule has 2 aliphatic rings. The van der Waals surface area contributed by atoms with E-state index in [2.05, 4.69) is 16.7 Å². The molecule has 2 aliphatic heterocycles. The predicted molar refractivity (Wildman–Crippen MR) is 72.9 cm³/mol. The summed E-state index contributed by atoms with van der Waals surface area (Å²) in [7, 11) is 1.78. The van der Waals surface area contributed by atoms with Crippen LogP contribution in [0.3, 0.4) is 0 Å². The van der Waals surface area contributed by atoms with Crippen LogP contribution >= 0.6 is 0 Å². The van der Waals surface area contributed by atoms with E-state index in [0.29, 0.717) is 12.1 Å². The Hall–Kier alpha value is -0.160. The van der Waals surface area contributed by atoms with Crippen LogP contribution in [0.5, 0.6) is 0 Å². The predicted octanol–water partition coefficient (Wildman–Crippen LogP) is 1.21. The van der Waals surface area contributed by atoms with Gasteiger partial charge < -0.3 is 9.47 Å². The first-order valence-electron chi connectivity index (χ1n) is 7.36. The molecule has 0 aromatic heterocycles. The Bertz CT molecular complexity index is 232. The third-order valence-electron chi connectivity index (χ3n) is 4.17. The first-order valence-corrected chi connectivity index (χ1v) is 7.36. The van der Waals surface area contributed by atoms with E-state index < -0.39 is 0 Å². The zero-order chi connectivity index (χ0) is 12.8. The van der Waals surface area contributed by atoms with Crippen molar-refractivity contribution < 1.29 is 9.47 Å². The third kappa shape index (κ3) is 4.19. The lowest BCUT2D eigenvalue weighted by Crippen LogP contribution is -2.54. The monoisotopic (exact) mass is 256 g/mol. The summed E-state index contributed by atoms with van der Waals surface area (Å²) >= 11 is 0. The second kappa shape index (κ2) is 7.43. The average molecular weight is 256 g/mol. The molecule has 0 aliphatic carbocycles. The number of piperazine rings is 1. The summed E-state index contributed by atoms with van der Waals surface area (Å²) in [5, 5.41) is 0. The molecule has 0 saturated carbocycles. The fourth-order valence-corrected chi connectivity index (χ4v) is 3.02. The molecule has 0 aromatic rings. The lowest BCUT2D eigenvalue weighted by molar-refractivity contribution is -0.0229. The molecule has 2 fully saturated rings. The zero-order valence-electron chi connectivity index (χ0n) is 11.9. The molecular weight excluding hydrogens is 228 g/mol. The van der Waals surface area contributed by atoms with Gasteiger partial charge in [0.25, 0.3) is 0 Å². The SMILES string of the molecule is COCCN1CCN(C[C@H]2CCCCO2)C[C@@H]1C. The smallest absolute Gasteiger partial charge is 0.0702 e. The molecule has 2 saturated heterocycles. The molecule has 4 nitrogen and oxygen atoms in total. The van der Waals surface area contributed by atoms with Gasteiger partial charge >= 0.3 is 0 Å². The molecule has 0 spiro atoms. The highest BCUT2D eigenvalue weighted by molar-refractivity contribution is 4.81. The number of ether oxygens (including phenoxy) is 2. The summed E-state index contributed by atoms with van der Waals surface area (Å²) in [5.74, 6) is 0. The van der Waals surface area contributed by atoms with Gasteiger partial charge in [-0.2, -0.15) is 0 Å². The number of hydrogen-bond acceptors (Lipinski definition) is 4. The largest absolute Gasteiger partial charge is 0.383 e. The average Bonchev–Trinajstić information content (AvgIpc) is 2.39. The van der Waals surface area contributed by atoms with Gasteiger partial charge in [-0.05, 0) is 26.2 Å². The van der Waals surface area contributed by atoms with Gasteiger partial charge in [0, 0.05) is 52.5 Å². The maximum Gasteiger partial charge on any atom is 0.0702 e. The van der Waals surface area contributed by atoms with Crippen molar-refractivity contribution in [2.75, 3.05) is 53.0 Å². The van der Waals surface area contributed by atoms with Gasteiger partial charge in [0.15, 0.2) is 0 Å². The van der Waals surface area contributed by atoms with E-state index in [9.17, 15) is 0 Å². The Labute approximate surface area is 111 Å². The topological polar surface area (TPSA) is 24.9 Å².